The van der Waals surface area contributed by atoms with Crippen LogP contribution in [0.3, 0.4) is 0 Å². The molecule has 0 saturated heterocycles. The average molecular weight is 332 g/mol. The van der Waals surface area contributed by atoms with Gasteiger partial charge in [-0.25, -0.2) is 0 Å². The molecule has 4 bridgehead atoms. The molecule has 4 fully saturated rings. The number of amides is 1. The van der Waals surface area contributed by atoms with Crippen molar-refractivity contribution in [2.75, 3.05) is 6.54 Å². The van der Waals surface area contributed by atoms with Crippen molar-refractivity contribution in [3.8, 4) is 0 Å². The number of hydrogen-bond donors (Lipinski definition) is 1. The van der Waals surface area contributed by atoms with Crippen LogP contribution in [0.15, 0.2) is 6.20 Å². The highest BCUT2D eigenvalue weighted by Crippen LogP contribution is 2.59. The molecule has 7 nitrogen and oxygen atoms in total. The van der Waals surface area contributed by atoms with Gasteiger partial charge in [0.1, 0.15) is 6.20 Å². The number of aromatic nitrogens is 2. The van der Waals surface area contributed by atoms with E-state index >= 15 is 0 Å². The monoisotopic (exact) mass is 332 g/mol. The molecule has 1 aromatic heterocycles. The van der Waals surface area contributed by atoms with E-state index in [0.29, 0.717) is 13.1 Å². The Morgan fingerprint density at radius 1 is 1.33 bits per heavy atom. The van der Waals surface area contributed by atoms with E-state index in [-0.39, 0.29) is 22.7 Å². The van der Waals surface area contributed by atoms with Crippen molar-refractivity contribution in [3.63, 3.8) is 0 Å². The predicted molar refractivity (Wildman–Crippen MR) is 87.5 cm³/mol. The number of hydrogen-bond acceptors (Lipinski definition) is 4. The van der Waals surface area contributed by atoms with Crippen molar-refractivity contribution in [3.05, 3.63) is 22.0 Å². The number of nitrogens with zero attached hydrogens (tertiary/aromatic N) is 3. The Hall–Kier alpha value is -1.92. The van der Waals surface area contributed by atoms with Crippen molar-refractivity contribution in [2.24, 2.45) is 23.2 Å². The second-order valence-electron chi connectivity index (χ2n) is 8.05. The lowest BCUT2D eigenvalue weighted by Gasteiger charge is -2.56. The maximum atomic E-state index is 12.6. The Labute approximate surface area is 140 Å². The van der Waals surface area contributed by atoms with E-state index in [1.165, 1.54) is 49.4 Å². The number of carbonyl (C=O) groups excluding carboxylic acids is 1. The first-order valence-electron chi connectivity index (χ1n) is 8.98. The number of carbonyl (C=O) groups is 1. The van der Waals surface area contributed by atoms with Crippen LogP contribution in [-0.4, -0.2) is 27.2 Å². The second-order valence-corrected chi connectivity index (χ2v) is 8.05. The van der Waals surface area contributed by atoms with Crippen LogP contribution >= 0.6 is 0 Å². The van der Waals surface area contributed by atoms with Crippen LogP contribution in [0.1, 0.15) is 55.9 Å². The molecule has 1 heterocycles. The molecular formula is C17H24N4O3. The van der Waals surface area contributed by atoms with Gasteiger partial charge < -0.3 is 5.32 Å². The third kappa shape index (κ3) is 2.50. The van der Waals surface area contributed by atoms with Gasteiger partial charge in [0.2, 0.25) is 5.69 Å². The van der Waals surface area contributed by atoms with E-state index in [1.54, 1.807) is 0 Å². The number of rotatable bonds is 5. The summed E-state index contributed by atoms with van der Waals surface area (Å²) in [7, 11) is 0. The molecule has 4 aliphatic carbocycles. The average Bonchev–Trinajstić information content (AvgIpc) is 2.95. The Balaban J connectivity index is 1.50. The number of nitrogens with one attached hydrogen (secondary N) is 1. The normalized spacial score (nSPS) is 33.6. The summed E-state index contributed by atoms with van der Waals surface area (Å²) in [6.45, 7) is 2.90. The molecule has 4 aliphatic rings. The molecule has 0 radical (unpaired) electrons. The summed E-state index contributed by atoms with van der Waals surface area (Å²) in [5.41, 5.74) is 0.0862. The summed E-state index contributed by atoms with van der Waals surface area (Å²) in [5.74, 6) is 2.10. The molecule has 1 N–H and O–H groups in total. The van der Waals surface area contributed by atoms with Gasteiger partial charge in [-0.05, 0) is 68.6 Å². The van der Waals surface area contributed by atoms with Crippen LogP contribution in [0.2, 0.25) is 0 Å². The van der Waals surface area contributed by atoms with Gasteiger partial charge in [0.15, 0.2) is 0 Å². The van der Waals surface area contributed by atoms with Crippen molar-refractivity contribution < 1.29 is 9.72 Å². The number of aryl methyl sites for hydroxylation is 1. The van der Waals surface area contributed by atoms with Gasteiger partial charge in [-0.3, -0.25) is 19.6 Å². The highest BCUT2D eigenvalue weighted by Gasteiger charge is 2.50. The molecule has 0 spiro atoms. The maximum Gasteiger partial charge on any atom is 0.320 e. The van der Waals surface area contributed by atoms with E-state index in [2.05, 4.69) is 10.4 Å². The molecule has 1 aromatic rings. The van der Waals surface area contributed by atoms with Crippen LogP contribution in [-0.2, 0) is 6.54 Å². The van der Waals surface area contributed by atoms with E-state index in [4.69, 9.17) is 0 Å². The van der Waals surface area contributed by atoms with Gasteiger partial charge in [0.25, 0.3) is 5.91 Å². The van der Waals surface area contributed by atoms with Crippen LogP contribution < -0.4 is 5.32 Å². The topological polar surface area (TPSA) is 90.1 Å². The highest BCUT2D eigenvalue weighted by molar-refractivity contribution is 5.96. The standard InChI is InChI=1S/C17H24N4O3/c1-2-20-15(14(9-19-20)21(23)24)16(22)18-10-17-6-11-3-12(7-17)5-13(4-11)8-17/h9,11-13H,2-8,10H2,1H3,(H,18,22). The van der Waals surface area contributed by atoms with Crippen molar-refractivity contribution in [1.29, 1.82) is 0 Å². The Morgan fingerprint density at radius 2 is 1.92 bits per heavy atom. The fourth-order valence-corrected chi connectivity index (χ4v) is 5.84. The fraction of sp³-hybridized carbons (Fsp3) is 0.765. The first-order chi connectivity index (χ1) is 11.5. The third-order valence-corrected chi connectivity index (χ3v) is 6.32. The molecule has 24 heavy (non-hydrogen) atoms. The smallest absolute Gasteiger partial charge is 0.320 e. The fourth-order valence-electron chi connectivity index (χ4n) is 5.84. The molecule has 1 amide bonds. The first-order valence-corrected chi connectivity index (χ1v) is 8.98. The largest absolute Gasteiger partial charge is 0.350 e. The second kappa shape index (κ2) is 5.57. The zero-order chi connectivity index (χ0) is 16.9. The molecule has 0 aromatic carbocycles. The summed E-state index contributed by atoms with van der Waals surface area (Å²) in [5, 5.41) is 18.1. The van der Waals surface area contributed by atoms with Gasteiger partial charge in [0.05, 0.1) is 4.92 Å². The molecule has 7 heteroatoms. The lowest BCUT2D eigenvalue weighted by molar-refractivity contribution is -0.385. The number of nitro groups is 1. The summed E-state index contributed by atoms with van der Waals surface area (Å²) in [4.78, 5) is 23.3. The van der Waals surface area contributed by atoms with Gasteiger partial charge in [-0.15, -0.1) is 0 Å². The molecule has 0 unspecified atom stereocenters. The lowest BCUT2D eigenvalue weighted by atomic mass is 9.49. The minimum absolute atomic E-state index is 0.0761. The minimum Gasteiger partial charge on any atom is -0.350 e. The van der Waals surface area contributed by atoms with Crippen LogP contribution in [0.4, 0.5) is 5.69 Å². The zero-order valence-corrected chi connectivity index (χ0v) is 14.0. The van der Waals surface area contributed by atoms with Crippen LogP contribution in [0, 0.1) is 33.3 Å². The van der Waals surface area contributed by atoms with E-state index in [0.717, 1.165) is 17.8 Å². The Kier molecular flexibility index (Phi) is 3.62. The molecule has 0 aliphatic heterocycles. The summed E-state index contributed by atoms with van der Waals surface area (Å²) in [6.07, 6.45) is 8.87. The maximum absolute atomic E-state index is 12.6. The summed E-state index contributed by atoms with van der Waals surface area (Å²) < 4.78 is 1.41. The van der Waals surface area contributed by atoms with E-state index in [9.17, 15) is 14.9 Å². The van der Waals surface area contributed by atoms with Gasteiger partial charge in [-0.2, -0.15) is 5.10 Å². The van der Waals surface area contributed by atoms with Crippen LogP contribution in [0.25, 0.3) is 0 Å². The van der Waals surface area contributed by atoms with E-state index in [1.807, 2.05) is 6.92 Å². The molecule has 0 atom stereocenters. The predicted octanol–water partition coefficient (Wildman–Crippen LogP) is 2.76. The van der Waals surface area contributed by atoms with E-state index < -0.39 is 4.92 Å². The quantitative estimate of drug-likeness (QED) is 0.663. The van der Waals surface area contributed by atoms with Crippen molar-refractivity contribution in [2.45, 2.75) is 52.0 Å². The molecule has 5 rings (SSSR count). The third-order valence-electron chi connectivity index (χ3n) is 6.32. The Bertz CT molecular complexity index is 646. The Morgan fingerprint density at radius 3 is 2.42 bits per heavy atom. The van der Waals surface area contributed by atoms with Gasteiger partial charge in [-0.1, -0.05) is 0 Å². The SMILES string of the molecule is CCn1ncc([N+](=O)[O-])c1C(=O)NCC12CC3CC(CC(C3)C1)C2. The molecular weight excluding hydrogens is 308 g/mol. The first kappa shape index (κ1) is 15.6. The summed E-state index contributed by atoms with van der Waals surface area (Å²) >= 11 is 0. The van der Waals surface area contributed by atoms with Gasteiger partial charge >= 0.3 is 5.69 Å². The van der Waals surface area contributed by atoms with Crippen LogP contribution in [0.5, 0.6) is 0 Å². The van der Waals surface area contributed by atoms with Crippen molar-refractivity contribution in [1.82, 2.24) is 15.1 Å². The summed E-state index contributed by atoms with van der Waals surface area (Å²) in [6, 6.07) is 0. The molecule has 4 saturated carbocycles. The van der Waals surface area contributed by atoms with Gasteiger partial charge in [0, 0.05) is 13.1 Å². The van der Waals surface area contributed by atoms with Crippen molar-refractivity contribution >= 4 is 11.6 Å². The zero-order valence-electron chi connectivity index (χ0n) is 14.0. The highest BCUT2D eigenvalue weighted by atomic mass is 16.6. The lowest BCUT2D eigenvalue weighted by Crippen LogP contribution is -2.51. The minimum atomic E-state index is -0.529. The molecule has 130 valence electrons.